The maximum Gasteiger partial charge on any atom is 0.226 e. The summed E-state index contributed by atoms with van der Waals surface area (Å²) in [5.41, 5.74) is 2.17. The number of thiazole rings is 1. The number of amides is 1. The van der Waals surface area contributed by atoms with Gasteiger partial charge >= 0.3 is 0 Å². The van der Waals surface area contributed by atoms with Crippen molar-refractivity contribution < 1.29 is 9.53 Å². The molecule has 0 spiro atoms. The summed E-state index contributed by atoms with van der Waals surface area (Å²) in [6.45, 7) is 4.70. The number of carbonyl (C=O) groups is 1. The zero-order chi connectivity index (χ0) is 20.9. The van der Waals surface area contributed by atoms with Crippen molar-refractivity contribution in [1.82, 2.24) is 4.98 Å². The fraction of sp³-hybridized carbons (Fsp3) is 0.583. The van der Waals surface area contributed by atoms with Crippen LogP contribution in [0.2, 0.25) is 0 Å². The normalized spacial score (nSPS) is 31.7. The molecule has 4 aliphatic carbocycles. The Bertz CT molecular complexity index is 941. The number of nitrogens with one attached hydrogen (secondary N) is 1. The molecule has 2 atom stereocenters. The third-order valence-electron chi connectivity index (χ3n) is 7.13. The molecule has 0 saturated heterocycles. The van der Waals surface area contributed by atoms with Gasteiger partial charge in [0.2, 0.25) is 5.91 Å². The van der Waals surface area contributed by atoms with E-state index in [9.17, 15) is 4.79 Å². The molecule has 4 bridgehead atoms. The quantitative estimate of drug-likeness (QED) is 0.467. The fourth-order valence-corrected chi connectivity index (χ4v) is 9.00. The fourth-order valence-electron chi connectivity index (χ4n) is 6.64. The van der Waals surface area contributed by atoms with E-state index >= 15 is 0 Å². The van der Waals surface area contributed by atoms with E-state index < -0.39 is 0 Å². The summed E-state index contributed by atoms with van der Waals surface area (Å²) in [6.07, 6.45) is 8.18. The monoisotopic (exact) mass is 488 g/mol. The van der Waals surface area contributed by atoms with Crippen molar-refractivity contribution in [2.45, 2.75) is 63.1 Å². The van der Waals surface area contributed by atoms with Crippen LogP contribution in [0.5, 0.6) is 5.75 Å². The van der Waals surface area contributed by atoms with Crippen LogP contribution in [0.25, 0.3) is 11.3 Å². The molecule has 1 N–H and O–H groups in total. The second-order valence-electron chi connectivity index (χ2n) is 9.72. The second kappa shape index (κ2) is 7.63. The van der Waals surface area contributed by atoms with Crippen LogP contribution in [0.15, 0.2) is 24.3 Å². The number of hydrogen-bond donors (Lipinski definition) is 1. The molecule has 2 aromatic rings. The van der Waals surface area contributed by atoms with E-state index in [1.807, 2.05) is 31.2 Å². The van der Waals surface area contributed by atoms with Gasteiger partial charge in [0.1, 0.15) is 5.75 Å². The SMILES string of the molecule is CCOc1ccc(-c2nc(NC(=O)CC34C[C@@H]5C[C@H](CC(Br)(C5)C3)C4)sc2C)cc1. The predicted octanol–water partition coefficient (Wildman–Crippen LogP) is 6.58. The first-order valence-electron chi connectivity index (χ1n) is 11.0. The van der Waals surface area contributed by atoms with Crippen LogP contribution in [0.4, 0.5) is 5.13 Å². The molecule has 4 saturated carbocycles. The van der Waals surface area contributed by atoms with Gasteiger partial charge in [0.25, 0.3) is 0 Å². The minimum Gasteiger partial charge on any atom is -0.494 e. The Labute approximate surface area is 190 Å². The van der Waals surface area contributed by atoms with Gasteiger partial charge in [0.05, 0.1) is 12.3 Å². The first kappa shape index (κ1) is 20.5. The average molecular weight is 489 g/mol. The topological polar surface area (TPSA) is 51.2 Å². The predicted molar refractivity (Wildman–Crippen MR) is 125 cm³/mol. The number of anilines is 1. The van der Waals surface area contributed by atoms with Crippen molar-refractivity contribution in [3.63, 3.8) is 0 Å². The van der Waals surface area contributed by atoms with E-state index in [2.05, 4.69) is 28.2 Å². The van der Waals surface area contributed by atoms with Crippen LogP contribution in [-0.2, 0) is 4.79 Å². The van der Waals surface area contributed by atoms with E-state index in [0.29, 0.717) is 18.2 Å². The molecular weight excluding hydrogens is 460 g/mol. The lowest BCUT2D eigenvalue weighted by Gasteiger charge is -2.60. The number of halogens is 1. The standard InChI is InChI=1S/C24H29BrN2O2S/c1-3-29-19-6-4-18(5-7-19)21-15(2)30-22(27-21)26-20(28)13-23-9-16-8-17(10-23)12-24(25,11-16)14-23/h4-7,16-17H,3,8-14H2,1-2H3,(H,26,27,28)/t16-,17-,23?,24?/m0/s1. The summed E-state index contributed by atoms with van der Waals surface area (Å²) in [5.74, 6) is 2.58. The molecule has 160 valence electrons. The number of benzene rings is 1. The van der Waals surface area contributed by atoms with Gasteiger partial charge in [0.15, 0.2) is 5.13 Å². The van der Waals surface area contributed by atoms with E-state index in [-0.39, 0.29) is 15.6 Å². The van der Waals surface area contributed by atoms with Gasteiger partial charge < -0.3 is 10.1 Å². The number of ether oxygens (including phenoxy) is 1. The Hall–Kier alpha value is -1.40. The van der Waals surface area contributed by atoms with Gasteiger partial charge in [-0.05, 0) is 93.9 Å². The summed E-state index contributed by atoms with van der Waals surface area (Å²) >= 11 is 5.61. The van der Waals surface area contributed by atoms with Crippen LogP contribution in [-0.4, -0.2) is 21.8 Å². The Morgan fingerprint density at radius 1 is 1.23 bits per heavy atom. The first-order valence-corrected chi connectivity index (χ1v) is 12.7. The minimum absolute atomic E-state index is 0.125. The Kier molecular flexibility index (Phi) is 5.21. The molecule has 30 heavy (non-hydrogen) atoms. The molecule has 0 unspecified atom stereocenters. The van der Waals surface area contributed by atoms with E-state index in [0.717, 1.165) is 40.1 Å². The third kappa shape index (κ3) is 3.93. The molecule has 1 amide bonds. The summed E-state index contributed by atoms with van der Waals surface area (Å²) in [7, 11) is 0. The van der Waals surface area contributed by atoms with Crippen LogP contribution < -0.4 is 10.1 Å². The molecule has 6 heteroatoms. The van der Waals surface area contributed by atoms with Crippen molar-refractivity contribution in [2.75, 3.05) is 11.9 Å². The number of carbonyl (C=O) groups excluding carboxylic acids is 1. The van der Waals surface area contributed by atoms with Gasteiger partial charge in [-0.15, -0.1) is 11.3 Å². The van der Waals surface area contributed by atoms with Gasteiger partial charge in [-0.2, -0.15) is 0 Å². The molecule has 4 aliphatic rings. The van der Waals surface area contributed by atoms with Crippen LogP contribution in [0.1, 0.15) is 56.7 Å². The van der Waals surface area contributed by atoms with E-state index in [4.69, 9.17) is 9.72 Å². The van der Waals surface area contributed by atoms with E-state index in [1.165, 1.54) is 32.1 Å². The van der Waals surface area contributed by atoms with Crippen molar-refractivity contribution in [2.24, 2.45) is 17.3 Å². The van der Waals surface area contributed by atoms with E-state index in [1.54, 1.807) is 11.3 Å². The highest BCUT2D eigenvalue weighted by Gasteiger charge is 2.57. The first-order chi connectivity index (χ1) is 14.4. The van der Waals surface area contributed by atoms with Crippen molar-refractivity contribution >= 4 is 38.3 Å². The van der Waals surface area contributed by atoms with Crippen molar-refractivity contribution in [3.8, 4) is 17.0 Å². The maximum absolute atomic E-state index is 13.0. The average Bonchev–Trinajstić information content (AvgIpc) is 3.00. The summed E-state index contributed by atoms with van der Waals surface area (Å²) in [6, 6.07) is 8.01. The lowest BCUT2D eigenvalue weighted by Crippen LogP contribution is -2.53. The largest absolute Gasteiger partial charge is 0.494 e. The zero-order valence-electron chi connectivity index (χ0n) is 17.7. The molecule has 4 nitrogen and oxygen atoms in total. The molecule has 4 fully saturated rings. The number of hydrogen-bond acceptors (Lipinski definition) is 4. The molecular formula is C24H29BrN2O2S. The second-order valence-corrected chi connectivity index (χ2v) is 12.6. The minimum atomic E-state index is 0.125. The maximum atomic E-state index is 13.0. The van der Waals surface area contributed by atoms with Crippen LogP contribution >= 0.6 is 27.3 Å². The molecule has 1 aromatic carbocycles. The molecule has 1 aromatic heterocycles. The molecule has 0 radical (unpaired) electrons. The highest BCUT2D eigenvalue weighted by molar-refractivity contribution is 9.10. The third-order valence-corrected chi connectivity index (χ3v) is 8.94. The van der Waals surface area contributed by atoms with Crippen molar-refractivity contribution in [1.29, 1.82) is 0 Å². The lowest BCUT2D eigenvalue weighted by atomic mass is 9.48. The number of aromatic nitrogens is 1. The van der Waals surface area contributed by atoms with Crippen molar-refractivity contribution in [3.05, 3.63) is 29.1 Å². The van der Waals surface area contributed by atoms with Gasteiger partial charge in [-0.3, -0.25) is 4.79 Å². The number of aryl methyl sites for hydroxylation is 1. The van der Waals surface area contributed by atoms with Crippen LogP contribution in [0, 0.1) is 24.2 Å². The smallest absolute Gasteiger partial charge is 0.226 e. The molecule has 6 rings (SSSR count). The Balaban J connectivity index is 1.27. The Morgan fingerprint density at radius 2 is 1.93 bits per heavy atom. The summed E-state index contributed by atoms with van der Waals surface area (Å²) < 4.78 is 5.82. The van der Waals surface area contributed by atoms with Crippen LogP contribution in [0.3, 0.4) is 0 Å². The lowest BCUT2D eigenvalue weighted by molar-refractivity contribution is -0.123. The molecule has 1 heterocycles. The molecule has 0 aliphatic heterocycles. The number of alkyl halides is 1. The highest BCUT2D eigenvalue weighted by Crippen LogP contribution is 2.65. The van der Waals surface area contributed by atoms with Gasteiger partial charge in [0, 0.05) is 21.2 Å². The zero-order valence-corrected chi connectivity index (χ0v) is 20.1. The van der Waals surface area contributed by atoms with Gasteiger partial charge in [-0.25, -0.2) is 4.98 Å². The Morgan fingerprint density at radius 3 is 2.57 bits per heavy atom. The number of rotatable bonds is 6. The van der Waals surface area contributed by atoms with Gasteiger partial charge in [-0.1, -0.05) is 15.9 Å². The summed E-state index contributed by atoms with van der Waals surface area (Å²) in [5, 5.41) is 3.83. The highest BCUT2D eigenvalue weighted by atomic mass is 79.9. The summed E-state index contributed by atoms with van der Waals surface area (Å²) in [4.78, 5) is 18.9. The number of nitrogens with zero attached hydrogens (tertiary/aromatic N) is 1.